The van der Waals surface area contributed by atoms with E-state index in [1.165, 1.54) is 11.3 Å². The van der Waals surface area contributed by atoms with E-state index in [0.29, 0.717) is 37.5 Å². The predicted molar refractivity (Wildman–Crippen MR) is 202 cm³/mol. The molecule has 0 radical (unpaired) electrons. The fourth-order valence-corrected chi connectivity index (χ4v) is 8.46. The third kappa shape index (κ3) is 7.08. The average Bonchev–Trinajstić information content (AvgIpc) is 3.41. The number of nitrogens with zero attached hydrogens (tertiary/aromatic N) is 3. The first-order valence-corrected chi connectivity index (χ1v) is 18.8. The number of thioether (sulfide) groups is 1. The van der Waals surface area contributed by atoms with Crippen LogP contribution in [-0.4, -0.2) is 23.4 Å². The number of nitriles is 1. The number of aromatic nitrogens is 1. The molecule has 0 spiro atoms. The molecule has 1 aromatic heterocycles. The topological polar surface area (TPSA) is 93.7 Å². The molecule has 4 aromatic carbocycles. The van der Waals surface area contributed by atoms with Gasteiger partial charge in [0.05, 0.1) is 43.7 Å². The summed E-state index contributed by atoms with van der Waals surface area (Å²) >= 11 is 8.70. The summed E-state index contributed by atoms with van der Waals surface area (Å²) in [6.07, 6.45) is 3.82. The van der Waals surface area contributed by atoms with Crippen LogP contribution in [0.3, 0.4) is 0 Å². The molecule has 0 unspecified atom stereocenters. The molecule has 6 rings (SSSR count). The number of carbonyl (C=O) groups excluding carboxylic acids is 1. The second-order valence-corrected chi connectivity index (χ2v) is 14.6. The molecule has 11 heteroatoms. The van der Waals surface area contributed by atoms with Gasteiger partial charge in [-0.2, -0.15) is 5.26 Å². The third-order valence-electron chi connectivity index (χ3n) is 7.60. The fourth-order valence-electron chi connectivity index (χ4n) is 5.35. The van der Waals surface area contributed by atoms with Gasteiger partial charge in [0.2, 0.25) is 0 Å². The maximum absolute atomic E-state index is 14.4. The summed E-state index contributed by atoms with van der Waals surface area (Å²) in [4.78, 5) is 34.7. The zero-order valence-corrected chi connectivity index (χ0v) is 31.2. The summed E-state index contributed by atoms with van der Waals surface area (Å²) < 4.78 is 15.6. The van der Waals surface area contributed by atoms with Crippen LogP contribution in [0.5, 0.6) is 5.75 Å². The van der Waals surface area contributed by atoms with Gasteiger partial charge >= 0.3 is 5.97 Å². The van der Waals surface area contributed by atoms with Crippen LogP contribution in [0.25, 0.3) is 11.8 Å². The van der Waals surface area contributed by atoms with E-state index in [0.717, 1.165) is 29.6 Å². The number of halogens is 2. The van der Waals surface area contributed by atoms with Crippen LogP contribution in [0.2, 0.25) is 0 Å². The Morgan fingerprint density at radius 1 is 1.10 bits per heavy atom. The van der Waals surface area contributed by atoms with Crippen molar-refractivity contribution in [3.05, 3.63) is 152 Å². The molecule has 0 amide bonds. The number of esters is 1. The first kappa shape index (κ1) is 33.9. The maximum atomic E-state index is 14.4. The minimum atomic E-state index is -0.761. The SMILES string of the molecule is CCOC(=O)C1=C(c2ccccc2)N=c2s/c(=C\c3cc(Br)cc(I)c3OCc3ccc(C#N)cc3)c(=O)n2[C@H]1c1ccc(SC)cc1. The number of benzene rings is 4. The number of hydrogen-bond acceptors (Lipinski definition) is 8. The van der Waals surface area contributed by atoms with Gasteiger partial charge in [-0.25, -0.2) is 9.79 Å². The Bertz CT molecular complexity index is 2260. The smallest absolute Gasteiger partial charge is 0.338 e. The van der Waals surface area contributed by atoms with E-state index < -0.39 is 12.0 Å². The number of rotatable bonds is 9. The van der Waals surface area contributed by atoms with Crippen molar-refractivity contribution in [1.82, 2.24) is 4.57 Å². The van der Waals surface area contributed by atoms with Crippen molar-refractivity contribution in [3.8, 4) is 11.8 Å². The van der Waals surface area contributed by atoms with Crippen molar-refractivity contribution in [2.45, 2.75) is 24.5 Å². The lowest BCUT2D eigenvalue weighted by Crippen LogP contribution is -2.40. The molecule has 0 saturated heterocycles. The Hall–Kier alpha value is -3.96. The summed E-state index contributed by atoms with van der Waals surface area (Å²) in [6, 6.07) is 29.8. The van der Waals surface area contributed by atoms with Gasteiger partial charge in [-0.15, -0.1) is 11.8 Å². The molecule has 0 fully saturated rings. The summed E-state index contributed by atoms with van der Waals surface area (Å²) in [6.45, 7) is 2.22. The van der Waals surface area contributed by atoms with Gasteiger partial charge in [-0.05, 0) is 89.4 Å². The lowest BCUT2D eigenvalue weighted by atomic mass is 9.93. The zero-order valence-electron chi connectivity index (χ0n) is 25.8. The highest BCUT2D eigenvalue weighted by Crippen LogP contribution is 2.36. The molecule has 0 aliphatic carbocycles. The van der Waals surface area contributed by atoms with Crippen molar-refractivity contribution in [2.75, 3.05) is 12.9 Å². The molecule has 1 aliphatic rings. The lowest BCUT2D eigenvalue weighted by Gasteiger charge is -2.26. The first-order chi connectivity index (χ1) is 23.3. The number of hydrogen-bond donors (Lipinski definition) is 0. The van der Waals surface area contributed by atoms with Crippen molar-refractivity contribution in [2.24, 2.45) is 4.99 Å². The number of ether oxygens (including phenoxy) is 2. The van der Waals surface area contributed by atoms with E-state index in [-0.39, 0.29) is 18.8 Å². The van der Waals surface area contributed by atoms with Gasteiger partial charge in [0.1, 0.15) is 12.4 Å². The molecule has 48 heavy (non-hydrogen) atoms. The van der Waals surface area contributed by atoms with E-state index in [1.54, 1.807) is 35.4 Å². The minimum absolute atomic E-state index is 0.180. The molecule has 2 heterocycles. The minimum Gasteiger partial charge on any atom is -0.487 e. The fraction of sp³-hybridized carbons (Fsp3) is 0.135. The van der Waals surface area contributed by atoms with Gasteiger partial charge < -0.3 is 9.47 Å². The number of thiazole rings is 1. The summed E-state index contributed by atoms with van der Waals surface area (Å²) in [5.74, 6) is 0.101. The first-order valence-electron chi connectivity index (χ1n) is 14.8. The monoisotopic (exact) mass is 847 g/mol. The molecule has 240 valence electrons. The molecule has 0 bridgehead atoms. The normalized spacial score (nSPS) is 14.2. The molecule has 5 aromatic rings. The molecule has 0 saturated carbocycles. The molecule has 7 nitrogen and oxygen atoms in total. The number of fused-ring (bicyclic) bond motifs is 1. The van der Waals surface area contributed by atoms with Crippen LogP contribution in [-0.2, 0) is 16.1 Å². The Morgan fingerprint density at radius 3 is 2.50 bits per heavy atom. The predicted octanol–water partition coefficient (Wildman–Crippen LogP) is 7.48. The van der Waals surface area contributed by atoms with Gasteiger partial charge in [0, 0.05) is 20.5 Å². The van der Waals surface area contributed by atoms with E-state index >= 15 is 0 Å². The average molecular weight is 849 g/mol. The van der Waals surface area contributed by atoms with Crippen LogP contribution >= 0.6 is 61.6 Å². The highest BCUT2D eigenvalue weighted by atomic mass is 127. The van der Waals surface area contributed by atoms with Crippen LogP contribution in [0, 0.1) is 14.9 Å². The lowest BCUT2D eigenvalue weighted by molar-refractivity contribution is -0.138. The van der Waals surface area contributed by atoms with Gasteiger partial charge in [0.15, 0.2) is 4.80 Å². The van der Waals surface area contributed by atoms with Crippen LogP contribution in [0.1, 0.15) is 40.8 Å². The Balaban J connectivity index is 1.54. The highest BCUT2D eigenvalue weighted by Gasteiger charge is 2.35. The van der Waals surface area contributed by atoms with Gasteiger partial charge in [-0.1, -0.05) is 81.9 Å². The van der Waals surface area contributed by atoms with Gasteiger partial charge in [0.25, 0.3) is 5.56 Å². The van der Waals surface area contributed by atoms with E-state index in [9.17, 15) is 9.59 Å². The molecule has 1 atom stereocenters. The molecular formula is C37H27BrIN3O4S2. The Morgan fingerprint density at radius 2 is 1.83 bits per heavy atom. The largest absolute Gasteiger partial charge is 0.487 e. The molecular weight excluding hydrogens is 821 g/mol. The van der Waals surface area contributed by atoms with Crippen LogP contribution in [0.15, 0.2) is 116 Å². The van der Waals surface area contributed by atoms with Crippen molar-refractivity contribution in [1.29, 1.82) is 5.26 Å². The summed E-state index contributed by atoms with van der Waals surface area (Å²) in [5, 5.41) is 9.15. The Kier molecular flexibility index (Phi) is 10.7. The third-order valence-corrected chi connectivity index (χ3v) is 10.6. The molecule has 0 N–H and O–H groups in total. The molecule has 1 aliphatic heterocycles. The van der Waals surface area contributed by atoms with Crippen LogP contribution in [0.4, 0.5) is 0 Å². The summed E-state index contributed by atoms with van der Waals surface area (Å²) in [7, 11) is 0. The second kappa shape index (κ2) is 15.1. The maximum Gasteiger partial charge on any atom is 0.338 e. The number of carbonyl (C=O) groups is 1. The zero-order chi connectivity index (χ0) is 33.8. The van der Waals surface area contributed by atoms with E-state index in [1.807, 2.05) is 91.2 Å². The van der Waals surface area contributed by atoms with Crippen molar-refractivity contribution in [3.63, 3.8) is 0 Å². The van der Waals surface area contributed by atoms with Crippen molar-refractivity contribution >= 4 is 79.4 Å². The van der Waals surface area contributed by atoms with E-state index in [4.69, 9.17) is 19.7 Å². The van der Waals surface area contributed by atoms with Crippen LogP contribution < -0.4 is 19.6 Å². The summed E-state index contributed by atoms with van der Waals surface area (Å²) in [5.41, 5.74) is 4.23. The highest BCUT2D eigenvalue weighted by molar-refractivity contribution is 14.1. The quantitative estimate of drug-likeness (QED) is 0.0869. The van der Waals surface area contributed by atoms with Crippen molar-refractivity contribution < 1.29 is 14.3 Å². The van der Waals surface area contributed by atoms with Gasteiger partial charge in [-0.3, -0.25) is 9.36 Å². The van der Waals surface area contributed by atoms with E-state index in [2.05, 4.69) is 44.6 Å². The standard InChI is InChI=1S/C37H27BrIN3O4S2/c1-3-45-36(44)31-32(24-7-5-4-6-8-24)41-37-42(33(31)25-13-15-28(47-2)16-14-25)35(43)30(48-37)18-26-17-27(38)19-29(39)34(26)46-21-23-11-9-22(20-40)10-12-23/h4-19,33H,3,21H2,1-2H3/b30-18-/t33-/m0/s1. The Labute approximate surface area is 307 Å². The second-order valence-electron chi connectivity index (χ2n) is 10.6.